The molecule has 0 spiro atoms. The normalized spacial score (nSPS) is 22.4. The number of hydrogen-bond acceptors (Lipinski definition) is 13. The van der Waals surface area contributed by atoms with E-state index in [0.29, 0.717) is 0 Å². The lowest BCUT2D eigenvalue weighted by Crippen LogP contribution is -2.51. The number of anilines is 1. The number of nitrogens with two attached hydrogens (primary N) is 1. The van der Waals surface area contributed by atoms with E-state index >= 15 is 0 Å². The average molecular weight is 567 g/mol. The van der Waals surface area contributed by atoms with Gasteiger partial charge < -0.3 is 34.2 Å². The van der Waals surface area contributed by atoms with Crippen molar-refractivity contribution >= 4 is 23.7 Å². The van der Waals surface area contributed by atoms with Crippen molar-refractivity contribution in [1.82, 2.24) is 9.55 Å². The predicted octanol–water partition coefficient (Wildman–Crippen LogP) is 1.32. The van der Waals surface area contributed by atoms with Gasteiger partial charge in [-0.05, 0) is 12.5 Å². The molecule has 0 aliphatic heterocycles. The molecule has 1 aromatic rings. The zero-order chi connectivity index (χ0) is 30.0. The first-order valence-corrected chi connectivity index (χ1v) is 12.9. The molecule has 1 aromatic heterocycles. The largest absolute Gasteiger partial charge is 0.438 e. The number of nitriles is 1. The molecule has 222 valence electrons. The van der Waals surface area contributed by atoms with Crippen LogP contribution in [0.5, 0.6) is 0 Å². The van der Waals surface area contributed by atoms with E-state index in [1.807, 2.05) is 0 Å². The van der Waals surface area contributed by atoms with Crippen LogP contribution in [0.25, 0.3) is 0 Å². The molecule has 0 saturated heterocycles. The molecule has 40 heavy (non-hydrogen) atoms. The van der Waals surface area contributed by atoms with Gasteiger partial charge in [-0.3, -0.25) is 19.0 Å². The van der Waals surface area contributed by atoms with Gasteiger partial charge >= 0.3 is 23.6 Å². The first kappa shape index (κ1) is 32.7. The maximum atomic E-state index is 12.9. The van der Waals surface area contributed by atoms with Crippen molar-refractivity contribution < 1.29 is 42.8 Å². The quantitative estimate of drug-likeness (QED) is 0.147. The van der Waals surface area contributed by atoms with E-state index in [2.05, 4.69) is 11.1 Å². The van der Waals surface area contributed by atoms with E-state index in [1.54, 1.807) is 41.5 Å². The van der Waals surface area contributed by atoms with Crippen LogP contribution < -0.4 is 11.4 Å². The second kappa shape index (κ2) is 14.7. The van der Waals surface area contributed by atoms with Gasteiger partial charge in [-0.2, -0.15) is 10.2 Å². The van der Waals surface area contributed by atoms with E-state index in [1.165, 1.54) is 12.3 Å². The second-order valence-corrected chi connectivity index (χ2v) is 10.3. The molecule has 1 aliphatic carbocycles. The van der Waals surface area contributed by atoms with Crippen molar-refractivity contribution in [2.24, 2.45) is 23.7 Å². The summed E-state index contributed by atoms with van der Waals surface area (Å²) in [4.78, 5) is 52.5. The fourth-order valence-corrected chi connectivity index (χ4v) is 4.01. The number of carbonyl (C=O) groups is 3. The summed E-state index contributed by atoms with van der Waals surface area (Å²) in [5.41, 5.74) is 3.13. The van der Waals surface area contributed by atoms with Gasteiger partial charge in [-0.25, -0.2) is 4.79 Å². The van der Waals surface area contributed by atoms with Gasteiger partial charge in [-0.15, -0.1) is 0 Å². The molecule has 2 rings (SSSR count). The molecule has 1 fully saturated rings. The molecule has 0 aromatic carbocycles. The Hall–Kier alpha value is -3.54. The van der Waals surface area contributed by atoms with Crippen LogP contribution in [0.1, 0.15) is 48.0 Å². The highest BCUT2D eigenvalue weighted by atomic mass is 16.7. The summed E-state index contributed by atoms with van der Waals surface area (Å²) in [5.74, 6) is -3.40. The Balaban J connectivity index is 2.41. The Kier molecular flexibility index (Phi) is 12.0. The minimum absolute atomic E-state index is 0.0429. The number of ether oxygens (including phenoxy) is 6. The first-order chi connectivity index (χ1) is 18.8. The fourth-order valence-electron chi connectivity index (χ4n) is 4.01. The highest BCUT2D eigenvalue weighted by molar-refractivity contribution is 5.72. The number of carbonyl (C=O) groups excluding carboxylic acids is 3. The summed E-state index contributed by atoms with van der Waals surface area (Å²) in [6, 6.07) is 3.51. The van der Waals surface area contributed by atoms with Crippen molar-refractivity contribution in [2.45, 2.75) is 65.7 Å². The third kappa shape index (κ3) is 8.23. The van der Waals surface area contributed by atoms with Gasteiger partial charge in [0.1, 0.15) is 11.9 Å². The van der Waals surface area contributed by atoms with Crippen molar-refractivity contribution in [1.29, 1.82) is 5.26 Å². The van der Waals surface area contributed by atoms with Crippen LogP contribution in [0.3, 0.4) is 0 Å². The highest BCUT2D eigenvalue weighted by Gasteiger charge is 2.58. The summed E-state index contributed by atoms with van der Waals surface area (Å²) in [5, 5.41) is 10.5. The number of nitrogens with zero attached hydrogens (tertiary/aromatic N) is 3. The summed E-state index contributed by atoms with van der Waals surface area (Å²) < 4.78 is 33.9. The average Bonchev–Trinajstić information content (AvgIpc) is 3.19. The van der Waals surface area contributed by atoms with Crippen molar-refractivity contribution in [3.63, 3.8) is 0 Å². The Morgan fingerprint density at radius 3 is 2.02 bits per heavy atom. The minimum atomic E-state index is -1.71. The van der Waals surface area contributed by atoms with Crippen LogP contribution in [-0.2, 0) is 48.3 Å². The van der Waals surface area contributed by atoms with Crippen LogP contribution in [0.15, 0.2) is 17.1 Å². The zero-order valence-electron chi connectivity index (χ0n) is 23.7. The topological polar surface area (TPSA) is 191 Å². The molecule has 14 nitrogen and oxygen atoms in total. The fraction of sp³-hybridized carbons (Fsp3) is 0.692. The molecule has 0 radical (unpaired) electrons. The van der Waals surface area contributed by atoms with E-state index in [-0.39, 0.29) is 31.6 Å². The van der Waals surface area contributed by atoms with Crippen molar-refractivity contribution in [2.75, 3.05) is 32.7 Å². The molecule has 14 heteroatoms. The highest BCUT2D eigenvalue weighted by Crippen LogP contribution is 2.43. The number of hydrogen-bond donors (Lipinski definition) is 1. The second-order valence-electron chi connectivity index (χ2n) is 10.3. The van der Waals surface area contributed by atoms with Crippen LogP contribution in [0.4, 0.5) is 5.82 Å². The Morgan fingerprint density at radius 1 is 1.00 bits per heavy atom. The lowest BCUT2D eigenvalue weighted by atomic mass is 9.95. The number of rotatable bonds is 14. The van der Waals surface area contributed by atoms with Crippen LogP contribution >= 0.6 is 0 Å². The minimum Gasteiger partial charge on any atom is -0.438 e. The van der Waals surface area contributed by atoms with Gasteiger partial charge in [0, 0.05) is 12.1 Å². The van der Waals surface area contributed by atoms with Crippen LogP contribution in [0.2, 0.25) is 0 Å². The van der Waals surface area contributed by atoms with E-state index in [9.17, 15) is 24.4 Å². The van der Waals surface area contributed by atoms with Crippen LogP contribution in [0, 0.1) is 35.0 Å². The standard InChI is InChI=1S/C26H38N4O10/c1-15(2)22(31)38-12-35-10-18-9-26(11-27,30-8-7-19(28)29-25(30)34)21(37-14-40-24(33)17(5)6)20(18)36-13-39-23(32)16(3)4/h7-8,15-18,20-21H,9-10,12-14H2,1-6H3,(H2,28,29,34)/t18-,20?,21?,26+/m1/s1. The Bertz CT molecular complexity index is 1130. The predicted molar refractivity (Wildman–Crippen MR) is 138 cm³/mol. The summed E-state index contributed by atoms with van der Waals surface area (Å²) in [6.45, 7) is 8.48. The molecule has 1 saturated carbocycles. The monoisotopic (exact) mass is 566 g/mol. The van der Waals surface area contributed by atoms with Gasteiger partial charge in [0.25, 0.3) is 0 Å². The van der Waals surface area contributed by atoms with Gasteiger partial charge in [0.15, 0.2) is 25.9 Å². The maximum absolute atomic E-state index is 12.9. The summed E-state index contributed by atoms with van der Waals surface area (Å²) >= 11 is 0. The number of aromatic nitrogens is 2. The summed E-state index contributed by atoms with van der Waals surface area (Å²) in [7, 11) is 0. The first-order valence-electron chi connectivity index (χ1n) is 12.9. The SMILES string of the molecule is CC(C)C(=O)OCOC[C@H]1C[C@@](C#N)(n2ccc(N)nc2=O)C(OCOC(=O)C(C)C)C1OCOC(=O)C(C)C. The van der Waals surface area contributed by atoms with Gasteiger partial charge in [0.05, 0.1) is 36.5 Å². The van der Waals surface area contributed by atoms with E-state index < -0.39 is 72.7 Å². The molecule has 1 aliphatic rings. The lowest BCUT2D eigenvalue weighted by molar-refractivity contribution is -0.197. The smallest absolute Gasteiger partial charge is 0.350 e. The molecule has 0 amide bonds. The van der Waals surface area contributed by atoms with Gasteiger partial charge in [-0.1, -0.05) is 41.5 Å². The molecule has 4 atom stereocenters. The maximum Gasteiger partial charge on any atom is 0.350 e. The third-order valence-electron chi connectivity index (χ3n) is 6.20. The van der Waals surface area contributed by atoms with E-state index in [0.717, 1.165) is 4.57 Å². The lowest BCUT2D eigenvalue weighted by Gasteiger charge is -2.32. The summed E-state index contributed by atoms with van der Waals surface area (Å²) in [6.07, 6.45) is -0.945. The van der Waals surface area contributed by atoms with Crippen molar-refractivity contribution in [3.05, 3.63) is 22.7 Å². The molecular weight excluding hydrogens is 528 g/mol. The van der Waals surface area contributed by atoms with Crippen LogP contribution in [-0.4, -0.2) is 66.7 Å². The number of esters is 3. The molecule has 2 N–H and O–H groups in total. The molecular formula is C26H38N4O10. The van der Waals surface area contributed by atoms with Gasteiger partial charge in [0.2, 0.25) is 0 Å². The molecule has 1 heterocycles. The van der Waals surface area contributed by atoms with E-state index in [4.69, 9.17) is 34.2 Å². The Labute approximate surface area is 232 Å². The zero-order valence-corrected chi connectivity index (χ0v) is 23.7. The number of nitrogen functional groups attached to an aromatic ring is 1. The third-order valence-corrected chi connectivity index (χ3v) is 6.20. The Morgan fingerprint density at radius 2 is 1.52 bits per heavy atom. The molecule has 2 unspecified atom stereocenters. The molecule has 0 bridgehead atoms. The van der Waals surface area contributed by atoms with Crippen molar-refractivity contribution in [3.8, 4) is 6.07 Å².